The third-order valence-corrected chi connectivity index (χ3v) is 4.89. The molecule has 0 saturated carbocycles. The van der Waals surface area contributed by atoms with Crippen LogP contribution in [-0.4, -0.2) is 39.2 Å². The molecule has 1 aliphatic heterocycles. The topological polar surface area (TPSA) is 54.0 Å². The third kappa shape index (κ3) is 6.65. The molecule has 1 aliphatic rings. The molecule has 2 unspecified atom stereocenters. The summed E-state index contributed by atoms with van der Waals surface area (Å²) in [6.45, 7) is 5.18. The number of carbonyl (C=O) groups excluding carboxylic acids is 1. The first kappa shape index (κ1) is 21.4. The van der Waals surface area contributed by atoms with Crippen LogP contribution < -0.4 is 0 Å². The minimum atomic E-state index is -0.659. The summed E-state index contributed by atoms with van der Waals surface area (Å²) in [5, 5.41) is 0. The maximum atomic E-state index is 11.7. The summed E-state index contributed by atoms with van der Waals surface area (Å²) in [7, 11) is 1.39. The highest BCUT2D eigenvalue weighted by Crippen LogP contribution is 2.29. The Kier molecular flexibility index (Phi) is 8.54. The molecular weight excluding hydrogens is 400 g/mol. The highest BCUT2D eigenvalue weighted by Gasteiger charge is 2.29. The van der Waals surface area contributed by atoms with E-state index < -0.39 is 5.41 Å². The largest absolute Gasteiger partial charge is 0.469 e. The maximum absolute atomic E-state index is 11.7. The first-order valence-corrected chi connectivity index (χ1v) is 9.90. The quantitative estimate of drug-likeness (QED) is 0.423. The van der Waals surface area contributed by atoms with Gasteiger partial charge in [0.2, 0.25) is 0 Å². The van der Waals surface area contributed by atoms with Crippen molar-refractivity contribution in [2.24, 2.45) is 5.41 Å². The van der Waals surface area contributed by atoms with Crippen LogP contribution in [0.25, 0.3) is 0 Å². The van der Waals surface area contributed by atoms with E-state index in [0.29, 0.717) is 19.6 Å². The number of esters is 1. The molecular formula is C20H29BrO5. The van der Waals surface area contributed by atoms with Gasteiger partial charge >= 0.3 is 5.97 Å². The Bertz CT molecular complexity index is 569. The van der Waals surface area contributed by atoms with Crippen molar-refractivity contribution < 1.29 is 23.7 Å². The summed E-state index contributed by atoms with van der Waals surface area (Å²) in [5.74, 6) is -0.270. The molecule has 1 saturated heterocycles. The van der Waals surface area contributed by atoms with Crippen molar-refractivity contribution in [2.45, 2.75) is 51.9 Å². The highest BCUT2D eigenvalue weighted by molar-refractivity contribution is 9.10. The van der Waals surface area contributed by atoms with Crippen LogP contribution in [0, 0.1) is 5.41 Å². The Morgan fingerprint density at radius 1 is 1.38 bits per heavy atom. The normalized spacial score (nSPS) is 19.2. The fourth-order valence-corrected chi connectivity index (χ4v) is 3.29. The van der Waals surface area contributed by atoms with Gasteiger partial charge in [-0.1, -0.05) is 28.1 Å². The first-order chi connectivity index (χ1) is 12.4. The zero-order valence-corrected chi connectivity index (χ0v) is 17.4. The fourth-order valence-electron chi connectivity index (χ4n) is 2.87. The lowest BCUT2D eigenvalue weighted by Gasteiger charge is -2.28. The number of methoxy groups -OCH3 is 1. The van der Waals surface area contributed by atoms with Crippen LogP contribution in [0.4, 0.5) is 0 Å². The van der Waals surface area contributed by atoms with Crippen molar-refractivity contribution in [3.05, 3.63) is 34.3 Å². The standard InChI is InChI=1S/C20H29BrO5/c1-20(2,19(22)23-3)14-24-12-10-17(15-7-6-8-16(21)13-15)26-18-9-4-5-11-25-18/h6-8,13,17-18H,4-5,9-12,14H2,1-3H3. The molecule has 6 heteroatoms. The monoisotopic (exact) mass is 428 g/mol. The zero-order valence-electron chi connectivity index (χ0n) is 15.8. The van der Waals surface area contributed by atoms with E-state index in [1.54, 1.807) is 0 Å². The number of hydrogen-bond acceptors (Lipinski definition) is 5. The van der Waals surface area contributed by atoms with Crippen molar-refractivity contribution in [1.82, 2.24) is 0 Å². The van der Waals surface area contributed by atoms with E-state index in [0.717, 1.165) is 35.9 Å². The summed E-state index contributed by atoms with van der Waals surface area (Å²) < 4.78 is 23.5. The Morgan fingerprint density at radius 2 is 2.19 bits per heavy atom. The first-order valence-electron chi connectivity index (χ1n) is 9.11. The van der Waals surface area contributed by atoms with Gasteiger partial charge < -0.3 is 18.9 Å². The van der Waals surface area contributed by atoms with Crippen LogP contribution in [0.15, 0.2) is 28.7 Å². The molecule has 26 heavy (non-hydrogen) atoms. The SMILES string of the molecule is COC(=O)C(C)(C)COCCC(OC1CCCCO1)c1cccc(Br)c1. The van der Waals surface area contributed by atoms with E-state index >= 15 is 0 Å². The Balaban J connectivity index is 1.92. The molecule has 2 atom stereocenters. The number of carbonyl (C=O) groups is 1. The Morgan fingerprint density at radius 3 is 2.85 bits per heavy atom. The molecule has 0 bridgehead atoms. The molecule has 0 amide bonds. The lowest BCUT2D eigenvalue weighted by atomic mass is 9.95. The summed E-state index contributed by atoms with van der Waals surface area (Å²) in [6, 6.07) is 8.11. The van der Waals surface area contributed by atoms with Crippen LogP contribution in [0.3, 0.4) is 0 Å². The van der Waals surface area contributed by atoms with Gasteiger partial charge in [-0.25, -0.2) is 0 Å². The molecule has 5 nitrogen and oxygen atoms in total. The van der Waals surface area contributed by atoms with Gasteiger partial charge in [0.25, 0.3) is 0 Å². The molecule has 146 valence electrons. The van der Waals surface area contributed by atoms with Gasteiger partial charge in [-0.05, 0) is 50.8 Å². The highest BCUT2D eigenvalue weighted by atomic mass is 79.9. The minimum absolute atomic E-state index is 0.114. The van der Waals surface area contributed by atoms with Crippen molar-refractivity contribution in [2.75, 3.05) is 26.9 Å². The second kappa shape index (κ2) is 10.4. The van der Waals surface area contributed by atoms with Crippen LogP contribution in [0.5, 0.6) is 0 Å². The van der Waals surface area contributed by atoms with Gasteiger partial charge in [0.1, 0.15) is 0 Å². The van der Waals surface area contributed by atoms with Gasteiger partial charge in [0.15, 0.2) is 6.29 Å². The molecule has 1 aromatic rings. The maximum Gasteiger partial charge on any atom is 0.313 e. The van der Waals surface area contributed by atoms with Crippen LogP contribution >= 0.6 is 15.9 Å². The van der Waals surface area contributed by atoms with Gasteiger partial charge in [0.05, 0.1) is 25.2 Å². The molecule has 1 fully saturated rings. The Hall–Kier alpha value is -0.950. The molecule has 0 aliphatic carbocycles. The number of hydrogen-bond donors (Lipinski definition) is 0. The van der Waals surface area contributed by atoms with Gasteiger partial charge in [-0.15, -0.1) is 0 Å². The summed E-state index contributed by atoms with van der Waals surface area (Å²) in [5.41, 5.74) is 0.428. The summed E-state index contributed by atoms with van der Waals surface area (Å²) in [6.07, 6.45) is 3.54. The number of ether oxygens (including phenoxy) is 4. The van der Waals surface area contributed by atoms with Crippen molar-refractivity contribution >= 4 is 21.9 Å². The molecule has 2 rings (SSSR count). The predicted octanol–water partition coefficient (Wildman–Crippen LogP) is 4.64. The van der Waals surface area contributed by atoms with E-state index in [1.165, 1.54) is 7.11 Å². The fraction of sp³-hybridized carbons (Fsp3) is 0.650. The number of halogens is 1. The average Bonchev–Trinajstić information content (AvgIpc) is 2.64. The van der Waals surface area contributed by atoms with E-state index in [4.69, 9.17) is 18.9 Å². The molecule has 0 aromatic heterocycles. The van der Waals surface area contributed by atoms with Gasteiger partial charge in [-0.3, -0.25) is 4.79 Å². The summed E-state index contributed by atoms with van der Waals surface area (Å²) in [4.78, 5) is 11.7. The van der Waals surface area contributed by atoms with Gasteiger partial charge in [0, 0.05) is 24.1 Å². The van der Waals surface area contributed by atoms with E-state index in [1.807, 2.05) is 26.0 Å². The molecule has 0 radical (unpaired) electrons. The summed E-state index contributed by atoms with van der Waals surface area (Å²) >= 11 is 3.52. The van der Waals surface area contributed by atoms with E-state index in [2.05, 4.69) is 28.1 Å². The van der Waals surface area contributed by atoms with Crippen LogP contribution in [-0.2, 0) is 23.7 Å². The van der Waals surface area contributed by atoms with Gasteiger partial charge in [-0.2, -0.15) is 0 Å². The van der Waals surface area contributed by atoms with Crippen LogP contribution in [0.1, 0.15) is 51.2 Å². The molecule has 1 aromatic carbocycles. The predicted molar refractivity (Wildman–Crippen MR) is 103 cm³/mol. The minimum Gasteiger partial charge on any atom is -0.469 e. The number of rotatable bonds is 9. The molecule has 0 spiro atoms. The van der Waals surface area contributed by atoms with Crippen LogP contribution in [0.2, 0.25) is 0 Å². The second-order valence-corrected chi connectivity index (χ2v) is 8.11. The molecule has 1 heterocycles. The second-order valence-electron chi connectivity index (χ2n) is 7.19. The van der Waals surface area contributed by atoms with E-state index in [-0.39, 0.29) is 18.4 Å². The average molecular weight is 429 g/mol. The van der Waals surface area contributed by atoms with E-state index in [9.17, 15) is 4.79 Å². The lowest BCUT2D eigenvalue weighted by molar-refractivity contribution is -0.193. The zero-order chi connectivity index (χ0) is 19.0. The van der Waals surface area contributed by atoms with Crippen molar-refractivity contribution in [3.63, 3.8) is 0 Å². The smallest absolute Gasteiger partial charge is 0.313 e. The third-order valence-electron chi connectivity index (χ3n) is 4.40. The molecule has 0 N–H and O–H groups in total. The van der Waals surface area contributed by atoms with Crippen molar-refractivity contribution in [3.8, 4) is 0 Å². The Labute approximate surface area is 164 Å². The van der Waals surface area contributed by atoms with Crippen molar-refractivity contribution in [1.29, 1.82) is 0 Å². The number of benzene rings is 1. The lowest BCUT2D eigenvalue weighted by Crippen LogP contribution is -2.31.